The molecule has 5 rings (SSSR count). The molecule has 4 aromatic rings. The first-order valence-corrected chi connectivity index (χ1v) is 12.9. The van der Waals surface area contributed by atoms with E-state index in [-0.39, 0.29) is 5.91 Å². The highest BCUT2D eigenvalue weighted by Crippen LogP contribution is 2.31. The molecule has 0 N–H and O–H groups in total. The monoisotopic (exact) mass is 488 g/mol. The van der Waals surface area contributed by atoms with E-state index in [0.29, 0.717) is 19.7 Å². The molecule has 1 aliphatic rings. The van der Waals surface area contributed by atoms with Crippen LogP contribution in [0, 0.1) is 0 Å². The molecule has 1 aliphatic heterocycles. The summed E-state index contributed by atoms with van der Waals surface area (Å²) in [5.41, 5.74) is 3.65. The largest absolute Gasteiger partial charge is 0.497 e. The van der Waals surface area contributed by atoms with Gasteiger partial charge in [0.1, 0.15) is 17.6 Å². The van der Waals surface area contributed by atoms with E-state index in [1.807, 2.05) is 41.3 Å². The third-order valence-electron chi connectivity index (χ3n) is 6.25. The summed E-state index contributed by atoms with van der Waals surface area (Å²) in [4.78, 5) is 21.5. The predicted octanol–water partition coefficient (Wildman–Crippen LogP) is 5.93. The van der Waals surface area contributed by atoms with Gasteiger partial charge in [-0.3, -0.25) is 4.79 Å². The number of furan rings is 1. The maximum atomic E-state index is 13.5. The molecule has 6 nitrogen and oxygen atoms in total. The number of fused-ring (bicyclic) bond motifs is 1. The molecular formula is C28H28N2O4S. The number of hydrogen-bond acceptors (Lipinski definition) is 6. The average molecular weight is 489 g/mol. The average Bonchev–Trinajstić information content (AvgIpc) is 3.62. The topological polar surface area (TPSA) is 64.8 Å². The zero-order valence-corrected chi connectivity index (χ0v) is 20.7. The molecule has 1 fully saturated rings. The number of pyridine rings is 1. The van der Waals surface area contributed by atoms with Crippen molar-refractivity contribution in [3.05, 3.63) is 78.3 Å². The zero-order valence-electron chi connectivity index (χ0n) is 19.9. The number of aromatic nitrogens is 1. The Kier molecular flexibility index (Phi) is 7.06. The molecule has 1 atom stereocenters. The van der Waals surface area contributed by atoms with Gasteiger partial charge in [0.05, 0.1) is 31.1 Å². The fourth-order valence-electron chi connectivity index (χ4n) is 4.44. The highest BCUT2D eigenvalue weighted by atomic mass is 32.2. The lowest BCUT2D eigenvalue weighted by Gasteiger charge is -2.26. The van der Waals surface area contributed by atoms with E-state index in [2.05, 4.69) is 30.5 Å². The van der Waals surface area contributed by atoms with Crippen LogP contribution in [0.2, 0.25) is 0 Å². The summed E-state index contributed by atoms with van der Waals surface area (Å²) in [6, 6.07) is 20.0. The SMILES string of the molecule is COc1cccc(-c2nc3cc(SC)ccc3cc2CN(Cc2ccco2)C(=O)[C@@H]2CCCO2)c1. The van der Waals surface area contributed by atoms with Crippen molar-refractivity contribution in [3.8, 4) is 17.0 Å². The summed E-state index contributed by atoms with van der Waals surface area (Å²) in [5.74, 6) is 1.47. The first-order chi connectivity index (χ1) is 17.1. The summed E-state index contributed by atoms with van der Waals surface area (Å²) in [7, 11) is 1.66. The number of thioether (sulfide) groups is 1. The molecule has 0 spiro atoms. The van der Waals surface area contributed by atoms with Crippen molar-refractivity contribution < 1.29 is 18.7 Å². The Morgan fingerprint density at radius 1 is 1.14 bits per heavy atom. The molecule has 0 aliphatic carbocycles. The van der Waals surface area contributed by atoms with Crippen molar-refractivity contribution in [2.45, 2.75) is 36.9 Å². The van der Waals surface area contributed by atoms with Crippen molar-refractivity contribution in [2.24, 2.45) is 0 Å². The Labute approximate surface area is 209 Å². The zero-order chi connectivity index (χ0) is 24.2. The molecule has 35 heavy (non-hydrogen) atoms. The lowest BCUT2D eigenvalue weighted by Crippen LogP contribution is -2.38. The third kappa shape index (κ3) is 5.21. The fourth-order valence-corrected chi connectivity index (χ4v) is 4.88. The van der Waals surface area contributed by atoms with Crippen molar-refractivity contribution in [1.29, 1.82) is 0 Å². The van der Waals surface area contributed by atoms with E-state index < -0.39 is 6.10 Å². The maximum absolute atomic E-state index is 13.5. The van der Waals surface area contributed by atoms with Crippen LogP contribution < -0.4 is 4.74 Å². The van der Waals surface area contributed by atoms with Gasteiger partial charge in [0.2, 0.25) is 0 Å². The van der Waals surface area contributed by atoms with E-state index in [0.717, 1.165) is 57.0 Å². The summed E-state index contributed by atoms with van der Waals surface area (Å²) in [5, 5.41) is 1.03. The number of carbonyl (C=O) groups excluding carboxylic acids is 1. The van der Waals surface area contributed by atoms with Gasteiger partial charge in [-0.15, -0.1) is 11.8 Å². The van der Waals surface area contributed by atoms with E-state index >= 15 is 0 Å². The molecule has 3 heterocycles. The highest BCUT2D eigenvalue weighted by molar-refractivity contribution is 7.98. The smallest absolute Gasteiger partial charge is 0.252 e. The molecule has 2 aromatic carbocycles. The molecule has 180 valence electrons. The maximum Gasteiger partial charge on any atom is 0.252 e. The summed E-state index contributed by atoms with van der Waals surface area (Å²) >= 11 is 1.69. The minimum absolute atomic E-state index is 0.0201. The van der Waals surface area contributed by atoms with Crippen LogP contribution in [0.3, 0.4) is 0 Å². The van der Waals surface area contributed by atoms with Gasteiger partial charge in [0.15, 0.2) is 0 Å². The second kappa shape index (κ2) is 10.5. The van der Waals surface area contributed by atoms with Gasteiger partial charge in [0.25, 0.3) is 5.91 Å². The van der Waals surface area contributed by atoms with Crippen LogP contribution >= 0.6 is 11.8 Å². The number of nitrogens with zero attached hydrogens (tertiary/aromatic N) is 2. The number of benzene rings is 2. The lowest BCUT2D eigenvalue weighted by atomic mass is 10.0. The van der Waals surface area contributed by atoms with Crippen LogP contribution in [-0.4, -0.2) is 41.9 Å². The Morgan fingerprint density at radius 3 is 2.80 bits per heavy atom. The van der Waals surface area contributed by atoms with Gasteiger partial charge in [-0.25, -0.2) is 4.98 Å². The Bertz CT molecular complexity index is 1320. The van der Waals surface area contributed by atoms with Gasteiger partial charge in [0, 0.05) is 29.0 Å². The van der Waals surface area contributed by atoms with Crippen LogP contribution in [0.25, 0.3) is 22.2 Å². The quantitative estimate of drug-likeness (QED) is 0.286. The first-order valence-electron chi connectivity index (χ1n) is 11.7. The minimum Gasteiger partial charge on any atom is -0.497 e. The number of amides is 1. The van der Waals surface area contributed by atoms with Crippen molar-refractivity contribution in [3.63, 3.8) is 0 Å². The van der Waals surface area contributed by atoms with Crippen LogP contribution in [0.4, 0.5) is 0 Å². The molecule has 2 aromatic heterocycles. The normalized spacial score (nSPS) is 15.4. The number of ether oxygens (including phenoxy) is 2. The fraction of sp³-hybridized carbons (Fsp3) is 0.286. The molecule has 7 heteroatoms. The number of rotatable bonds is 8. The Morgan fingerprint density at radius 2 is 2.06 bits per heavy atom. The second-order valence-corrected chi connectivity index (χ2v) is 9.44. The summed E-state index contributed by atoms with van der Waals surface area (Å²) in [6.45, 7) is 1.38. The van der Waals surface area contributed by atoms with Crippen molar-refractivity contribution in [1.82, 2.24) is 9.88 Å². The Balaban J connectivity index is 1.59. The van der Waals surface area contributed by atoms with E-state index in [9.17, 15) is 4.79 Å². The second-order valence-electron chi connectivity index (χ2n) is 8.56. The van der Waals surface area contributed by atoms with Gasteiger partial charge >= 0.3 is 0 Å². The van der Waals surface area contributed by atoms with Crippen molar-refractivity contribution >= 4 is 28.6 Å². The predicted molar refractivity (Wildman–Crippen MR) is 137 cm³/mol. The summed E-state index contributed by atoms with van der Waals surface area (Å²) in [6.07, 6.45) is 4.91. The third-order valence-corrected chi connectivity index (χ3v) is 6.98. The van der Waals surface area contributed by atoms with Gasteiger partial charge < -0.3 is 18.8 Å². The first kappa shape index (κ1) is 23.5. The molecular weight excluding hydrogens is 460 g/mol. The molecule has 0 radical (unpaired) electrons. The molecule has 1 amide bonds. The van der Waals surface area contributed by atoms with Gasteiger partial charge in [-0.1, -0.05) is 18.2 Å². The number of hydrogen-bond donors (Lipinski definition) is 0. The number of methoxy groups -OCH3 is 1. The van der Waals surface area contributed by atoms with Crippen LogP contribution in [0.1, 0.15) is 24.2 Å². The standard InChI is InChI=1S/C28H28N2O4S/c1-32-22-7-3-6-20(15-22)27-21(14-19-10-11-24(35-2)16-25(19)29-27)17-30(18-23-8-4-12-33-23)28(31)26-9-5-13-34-26/h3-4,6-8,10-12,14-16,26H,5,9,13,17-18H2,1-2H3/t26-/m0/s1. The van der Waals surface area contributed by atoms with Gasteiger partial charge in [-0.05, 0) is 67.1 Å². The molecule has 1 saturated heterocycles. The van der Waals surface area contributed by atoms with Crippen LogP contribution in [-0.2, 0) is 22.6 Å². The van der Waals surface area contributed by atoms with E-state index in [1.165, 1.54) is 0 Å². The van der Waals surface area contributed by atoms with Crippen LogP contribution in [0.15, 0.2) is 76.2 Å². The molecule has 0 unspecified atom stereocenters. The molecule has 0 bridgehead atoms. The van der Waals surface area contributed by atoms with E-state index in [4.69, 9.17) is 18.9 Å². The van der Waals surface area contributed by atoms with E-state index in [1.54, 1.807) is 25.1 Å². The van der Waals surface area contributed by atoms with Crippen molar-refractivity contribution in [2.75, 3.05) is 20.0 Å². The highest BCUT2D eigenvalue weighted by Gasteiger charge is 2.29. The number of carbonyl (C=O) groups is 1. The van der Waals surface area contributed by atoms with Crippen LogP contribution in [0.5, 0.6) is 5.75 Å². The Hall–Kier alpha value is -3.29. The lowest BCUT2D eigenvalue weighted by molar-refractivity contribution is -0.142. The molecule has 0 saturated carbocycles. The minimum atomic E-state index is -0.414. The van der Waals surface area contributed by atoms with Gasteiger partial charge in [-0.2, -0.15) is 0 Å². The summed E-state index contributed by atoms with van der Waals surface area (Å²) < 4.78 is 16.8.